The van der Waals surface area contributed by atoms with E-state index in [0.717, 1.165) is 4.52 Å². The molecule has 124 valence electrons. The summed E-state index contributed by atoms with van der Waals surface area (Å²) in [5, 5.41) is 3.93. The molecule has 0 aliphatic carbocycles. The Morgan fingerprint density at radius 2 is 2.04 bits per heavy atom. The number of hydrogen-bond acceptors (Lipinski definition) is 4. The maximum Gasteiger partial charge on any atom is 0.280 e. The molecule has 0 spiro atoms. The van der Waals surface area contributed by atoms with Crippen molar-refractivity contribution in [1.82, 2.24) is 19.6 Å². The Kier molecular flexibility index (Phi) is 4.20. The first-order chi connectivity index (χ1) is 11.5. The van der Waals surface area contributed by atoms with Crippen molar-refractivity contribution in [2.45, 2.75) is 20.3 Å². The summed E-state index contributed by atoms with van der Waals surface area (Å²) in [6.45, 7) is 3.84. The second-order valence-electron chi connectivity index (χ2n) is 5.17. The number of aryl methyl sites for hydroxylation is 1. The minimum absolute atomic E-state index is 0.128. The highest BCUT2D eigenvalue weighted by atomic mass is 19.3. The van der Waals surface area contributed by atoms with E-state index in [-0.39, 0.29) is 22.8 Å². The molecule has 6 nitrogen and oxygen atoms in total. The molecule has 0 aliphatic heterocycles. The van der Waals surface area contributed by atoms with E-state index in [4.69, 9.17) is 0 Å². The van der Waals surface area contributed by atoms with Crippen molar-refractivity contribution in [1.29, 1.82) is 0 Å². The number of amides is 1. The van der Waals surface area contributed by atoms with Crippen molar-refractivity contribution in [3.8, 4) is 0 Å². The van der Waals surface area contributed by atoms with Gasteiger partial charge in [0.05, 0.1) is 6.20 Å². The van der Waals surface area contributed by atoms with Gasteiger partial charge in [-0.05, 0) is 32.0 Å². The van der Waals surface area contributed by atoms with E-state index < -0.39 is 6.43 Å². The smallest absolute Gasteiger partial charge is 0.280 e. The lowest BCUT2D eigenvalue weighted by atomic mass is 10.2. The molecule has 1 amide bonds. The fourth-order valence-electron chi connectivity index (χ4n) is 2.53. The summed E-state index contributed by atoms with van der Waals surface area (Å²) in [6.07, 6.45) is 1.73. The number of hydrogen-bond donors (Lipinski definition) is 0. The van der Waals surface area contributed by atoms with Crippen LogP contribution in [-0.4, -0.2) is 32.0 Å². The maximum atomic E-state index is 13.2. The zero-order valence-corrected chi connectivity index (χ0v) is 13.1. The van der Waals surface area contributed by atoms with Crippen molar-refractivity contribution in [2.24, 2.45) is 0 Å². The summed E-state index contributed by atoms with van der Waals surface area (Å²) < 4.78 is 27.4. The van der Waals surface area contributed by atoms with Crippen LogP contribution in [0.25, 0.3) is 5.65 Å². The van der Waals surface area contributed by atoms with E-state index in [2.05, 4.69) is 15.1 Å². The van der Waals surface area contributed by atoms with Crippen LogP contribution in [0.3, 0.4) is 0 Å². The molecular weight excluding hydrogens is 316 g/mol. The highest BCUT2D eigenvalue weighted by Gasteiger charge is 2.24. The highest BCUT2D eigenvalue weighted by Crippen LogP contribution is 2.23. The van der Waals surface area contributed by atoms with Crippen LogP contribution in [0, 0.1) is 6.92 Å². The number of rotatable bonds is 4. The van der Waals surface area contributed by atoms with E-state index in [9.17, 15) is 13.6 Å². The second-order valence-corrected chi connectivity index (χ2v) is 5.17. The standard InChI is InChI=1S/C16H15F2N5O/c1-3-22(11-4-6-19-7-5-11)16(24)12-9-20-23-13(14(17)18)8-10(2)21-15(12)23/h4-9,14H,3H2,1-2H3. The molecule has 8 heteroatoms. The van der Waals surface area contributed by atoms with Gasteiger partial charge < -0.3 is 4.90 Å². The number of pyridine rings is 1. The summed E-state index contributed by atoms with van der Waals surface area (Å²) in [4.78, 5) is 22.5. The summed E-state index contributed by atoms with van der Waals surface area (Å²) >= 11 is 0. The van der Waals surface area contributed by atoms with Crippen LogP contribution in [0.2, 0.25) is 0 Å². The van der Waals surface area contributed by atoms with Gasteiger partial charge in [-0.1, -0.05) is 0 Å². The van der Waals surface area contributed by atoms with Crippen LogP contribution < -0.4 is 4.90 Å². The van der Waals surface area contributed by atoms with Crippen molar-refractivity contribution >= 4 is 17.2 Å². The van der Waals surface area contributed by atoms with Crippen molar-refractivity contribution < 1.29 is 13.6 Å². The third kappa shape index (κ3) is 2.70. The highest BCUT2D eigenvalue weighted by molar-refractivity contribution is 6.09. The van der Waals surface area contributed by atoms with Gasteiger partial charge in [0, 0.05) is 30.3 Å². The van der Waals surface area contributed by atoms with Crippen LogP contribution in [0.1, 0.15) is 35.1 Å². The van der Waals surface area contributed by atoms with Crippen molar-refractivity contribution in [3.63, 3.8) is 0 Å². The van der Waals surface area contributed by atoms with Crippen LogP contribution in [0.15, 0.2) is 36.8 Å². The number of alkyl halides is 2. The third-order valence-corrected chi connectivity index (χ3v) is 3.62. The average molecular weight is 331 g/mol. The van der Waals surface area contributed by atoms with Crippen LogP contribution in [-0.2, 0) is 0 Å². The third-order valence-electron chi connectivity index (χ3n) is 3.62. The zero-order chi connectivity index (χ0) is 17.3. The minimum atomic E-state index is -2.71. The molecule has 0 aromatic carbocycles. The summed E-state index contributed by atoms with van der Waals surface area (Å²) in [7, 11) is 0. The fraction of sp³-hybridized carbons (Fsp3) is 0.250. The number of nitrogens with zero attached hydrogens (tertiary/aromatic N) is 5. The second kappa shape index (κ2) is 6.31. The normalized spacial score (nSPS) is 11.2. The number of fused-ring (bicyclic) bond motifs is 1. The molecule has 24 heavy (non-hydrogen) atoms. The molecule has 0 fully saturated rings. The molecule has 0 N–H and O–H groups in total. The van der Waals surface area contributed by atoms with E-state index in [1.165, 1.54) is 17.2 Å². The van der Waals surface area contributed by atoms with Crippen LogP contribution >= 0.6 is 0 Å². The monoisotopic (exact) mass is 331 g/mol. The van der Waals surface area contributed by atoms with Gasteiger partial charge >= 0.3 is 0 Å². The molecule has 0 aliphatic rings. The molecular formula is C16H15F2N5O. The van der Waals surface area contributed by atoms with Gasteiger partial charge in [0.25, 0.3) is 12.3 Å². The summed E-state index contributed by atoms with van der Waals surface area (Å²) in [6, 6.07) is 4.67. The Hall–Kier alpha value is -2.90. The first-order valence-electron chi connectivity index (χ1n) is 7.38. The van der Waals surface area contributed by atoms with Gasteiger partial charge in [0.2, 0.25) is 0 Å². The predicted molar refractivity (Wildman–Crippen MR) is 84.3 cm³/mol. The van der Waals surface area contributed by atoms with Gasteiger partial charge in [-0.2, -0.15) is 5.10 Å². The summed E-state index contributed by atoms with van der Waals surface area (Å²) in [5.74, 6) is -0.350. The molecule has 0 atom stereocenters. The molecule has 3 aromatic rings. The lowest BCUT2D eigenvalue weighted by Crippen LogP contribution is -2.30. The molecule has 0 unspecified atom stereocenters. The molecule has 0 saturated carbocycles. The summed E-state index contributed by atoms with van der Waals surface area (Å²) in [5.41, 5.74) is 1.09. The van der Waals surface area contributed by atoms with Gasteiger partial charge in [-0.15, -0.1) is 0 Å². The molecule has 3 rings (SSSR count). The van der Waals surface area contributed by atoms with Crippen molar-refractivity contribution in [3.05, 3.63) is 53.7 Å². The molecule has 0 bridgehead atoms. The lowest BCUT2D eigenvalue weighted by molar-refractivity contribution is 0.0989. The SMILES string of the molecule is CCN(C(=O)c1cnn2c(C(F)F)cc(C)nc12)c1ccncc1. The van der Waals surface area contributed by atoms with E-state index >= 15 is 0 Å². The first kappa shape index (κ1) is 16.0. The first-order valence-corrected chi connectivity index (χ1v) is 7.38. The zero-order valence-electron chi connectivity index (χ0n) is 13.1. The Labute approximate surface area is 136 Å². The Morgan fingerprint density at radius 3 is 2.67 bits per heavy atom. The van der Waals surface area contributed by atoms with Gasteiger partial charge in [-0.3, -0.25) is 9.78 Å². The van der Waals surface area contributed by atoms with E-state index in [0.29, 0.717) is 17.9 Å². The lowest BCUT2D eigenvalue weighted by Gasteiger charge is -2.20. The quantitative estimate of drug-likeness (QED) is 0.737. The molecule has 3 heterocycles. The Morgan fingerprint density at radius 1 is 1.33 bits per heavy atom. The topological polar surface area (TPSA) is 63.4 Å². The molecule has 0 saturated heterocycles. The molecule has 0 radical (unpaired) electrons. The predicted octanol–water partition coefficient (Wildman–Crippen LogP) is 3.04. The number of aromatic nitrogens is 4. The van der Waals surface area contributed by atoms with Crippen molar-refractivity contribution in [2.75, 3.05) is 11.4 Å². The fourth-order valence-corrected chi connectivity index (χ4v) is 2.53. The van der Waals surface area contributed by atoms with E-state index in [1.807, 2.05) is 6.92 Å². The molecule has 3 aromatic heterocycles. The number of anilines is 1. The Bertz CT molecular complexity index is 879. The largest absolute Gasteiger partial charge is 0.308 e. The maximum absolute atomic E-state index is 13.2. The number of carbonyl (C=O) groups excluding carboxylic acids is 1. The average Bonchev–Trinajstić information content (AvgIpc) is 2.99. The van der Waals surface area contributed by atoms with Crippen LogP contribution in [0.5, 0.6) is 0 Å². The minimum Gasteiger partial charge on any atom is -0.308 e. The van der Waals surface area contributed by atoms with Gasteiger partial charge in [-0.25, -0.2) is 18.3 Å². The Balaban J connectivity index is 2.10. The van der Waals surface area contributed by atoms with Gasteiger partial charge in [0.1, 0.15) is 11.3 Å². The van der Waals surface area contributed by atoms with Gasteiger partial charge in [0.15, 0.2) is 5.65 Å². The van der Waals surface area contributed by atoms with Crippen LogP contribution in [0.4, 0.5) is 14.5 Å². The number of carbonyl (C=O) groups is 1. The van der Waals surface area contributed by atoms with E-state index in [1.54, 1.807) is 31.5 Å². The number of halogens is 2.